The third kappa shape index (κ3) is 3.39. The van der Waals surface area contributed by atoms with Crippen molar-refractivity contribution in [3.63, 3.8) is 0 Å². The molecular formula is C13H17ClF3N. The molecule has 0 radical (unpaired) electrons. The zero-order valence-electron chi connectivity index (χ0n) is 9.91. The molecule has 102 valence electrons. The summed E-state index contributed by atoms with van der Waals surface area (Å²) >= 11 is 0. The summed E-state index contributed by atoms with van der Waals surface area (Å²) in [6.07, 6.45) is 0.0366. The van der Waals surface area contributed by atoms with Gasteiger partial charge < -0.3 is 5.73 Å². The first-order chi connectivity index (χ1) is 7.98. The Morgan fingerprint density at radius 2 is 1.78 bits per heavy atom. The zero-order chi connectivity index (χ0) is 12.5. The van der Waals surface area contributed by atoms with E-state index in [0.717, 1.165) is 31.7 Å². The van der Waals surface area contributed by atoms with Gasteiger partial charge in [0.05, 0.1) is 5.56 Å². The van der Waals surface area contributed by atoms with Crippen LogP contribution in [0, 0.1) is 5.92 Å². The number of halogens is 4. The van der Waals surface area contributed by atoms with Crippen LogP contribution in [0.25, 0.3) is 0 Å². The molecule has 2 rings (SSSR count). The molecule has 1 fully saturated rings. The van der Waals surface area contributed by atoms with Crippen LogP contribution in [0.2, 0.25) is 0 Å². The van der Waals surface area contributed by atoms with Gasteiger partial charge in [-0.05, 0) is 36.5 Å². The Bertz CT molecular complexity index is 386. The number of benzene rings is 1. The summed E-state index contributed by atoms with van der Waals surface area (Å²) < 4.78 is 37.7. The van der Waals surface area contributed by atoms with Crippen molar-refractivity contribution >= 4 is 12.4 Å². The second-order valence-corrected chi connectivity index (χ2v) is 4.69. The Morgan fingerprint density at radius 3 is 2.33 bits per heavy atom. The van der Waals surface area contributed by atoms with E-state index in [0.29, 0.717) is 11.5 Å². The minimum absolute atomic E-state index is 0. The normalized spacial score (nSPS) is 18.4. The summed E-state index contributed by atoms with van der Waals surface area (Å²) in [5, 5.41) is 0. The largest absolute Gasteiger partial charge is 0.416 e. The maximum atomic E-state index is 12.6. The number of nitrogens with two attached hydrogens (primary N) is 1. The first kappa shape index (κ1) is 15.3. The summed E-state index contributed by atoms with van der Waals surface area (Å²) in [5.74, 6) is 0.332. The highest BCUT2D eigenvalue weighted by Gasteiger charge is 2.31. The van der Waals surface area contributed by atoms with Crippen molar-refractivity contribution in [2.75, 3.05) is 0 Å². The minimum Gasteiger partial charge on any atom is -0.324 e. The molecule has 0 aliphatic heterocycles. The number of hydrogen-bond donors (Lipinski definition) is 1. The molecule has 18 heavy (non-hydrogen) atoms. The highest BCUT2D eigenvalue weighted by atomic mass is 35.5. The van der Waals surface area contributed by atoms with E-state index < -0.39 is 11.7 Å². The Labute approximate surface area is 111 Å². The summed E-state index contributed by atoms with van der Waals surface area (Å²) in [5.41, 5.74) is 6.04. The third-order valence-electron chi connectivity index (χ3n) is 3.51. The van der Waals surface area contributed by atoms with Gasteiger partial charge in [-0.15, -0.1) is 12.4 Å². The van der Waals surface area contributed by atoms with Crippen LogP contribution < -0.4 is 5.73 Å². The van der Waals surface area contributed by atoms with Gasteiger partial charge in [-0.25, -0.2) is 0 Å². The van der Waals surface area contributed by atoms with Crippen molar-refractivity contribution in [1.29, 1.82) is 0 Å². The SMILES string of the molecule is Cl.N[C@H](c1cccc(C(F)(F)F)c1)C1CCCC1. The van der Waals surface area contributed by atoms with E-state index in [2.05, 4.69) is 0 Å². The number of rotatable bonds is 2. The highest BCUT2D eigenvalue weighted by molar-refractivity contribution is 5.85. The molecule has 1 aromatic carbocycles. The van der Waals surface area contributed by atoms with Gasteiger partial charge in [0.1, 0.15) is 0 Å². The third-order valence-corrected chi connectivity index (χ3v) is 3.51. The highest BCUT2D eigenvalue weighted by Crippen LogP contribution is 2.36. The van der Waals surface area contributed by atoms with Gasteiger partial charge in [-0.2, -0.15) is 13.2 Å². The van der Waals surface area contributed by atoms with E-state index in [9.17, 15) is 13.2 Å². The lowest BCUT2D eigenvalue weighted by Crippen LogP contribution is -2.19. The molecule has 1 aliphatic carbocycles. The average Bonchev–Trinajstić information content (AvgIpc) is 2.80. The summed E-state index contributed by atoms with van der Waals surface area (Å²) in [7, 11) is 0. The van der Waals surface area contributed by atoms with Crippen molar-refractivity contribution in [3.8, 4) is 0 Å². The predicted molar refractivity (Wildman–Crippen MR) is 67.6 cm³/mol. The lowest BCUT2D eigenvalue weighted by Gasteiger charge is -2.20. The second-order valence-electron chi connectivity index (χ2n) is 4.69. The minimum atomic E-state index is -4.29. The molecular weight excluding hydrogens is 263 g/mol. The Balaban J connectivity index is 0.00000162. The maximum absolute atomic E-state index is 12.6. The van der Waals surface area contributed by atoms with Crippen molar-refractivity contribution in [3.05, 3.63) is 35.4 Å². The van der Waals surface area contributed by atoms with Gasteiger partial charge in [0.15, 0.2) is 0 Å². The zero-order valence-corrected chi connectivity index (χ0v) is 10.7. The topological polar surface area (TPSA) is 26.0 Å². The van der Waals surface area contributed by atoms with Crippen LogP contribution in [-0.2, 0) is 6.18 Å². The average molecular weight is 280 g/mol. The molecule has 0 spiro atoms. The fourth-order valence-corrected chi connectivity index (χ4v) is 2.51. The second kappa shape index (κ2) is 5.93. The van der Waals surface area contributed by atoms with Crippen LogP contribution in [0.1, 0.15) is 42.9 Å². The molecule has 1 atom stereocenters. The molecule has 1 saturated carbocycles. The molecule has 0 bridgehead atoms. The standard InChI is InChI=1S/C13H16F3N.ClH/c14-13(15,16)11-7-3-6-10(8-11)12(17)9-4-1-2-5-9;/h3,6-9,12H,1-2,4-5,17H2;1H/t12-;/m0./s1. The molecule has 1 nitrogen and oxygen atoms in total. The Morgan fingerprint density at radius 1 is 1.17 bits per heavy atom. The summed E-state index contributed by atoms with van der Waals surface area (Å²) in [6, 6.07) is 5.14. The molecule has 5 heteroatoms. The lowest BCUT2D eigenvalue weighted by atomic mass is 9.91. The molecule has 1 aliphatic rings. The number of hydrogen-bond acceptors (Lipinski definition) is 1. The Hall–Kier alpha value is -0.740. The van der Waals surface area contributed by atoms with Crippen molar-refractivity contribution in [2.45, 2.75) is 37.9 Å². The molecule has 2 N–H and O–H groups in total. The quantitative estimate of drug-likeness (QED) is 0.857. The fourth-order valence-electron chi connectivity index (χ4n) is 2.51. The maximum Gasteiger partial charge on any atom is 0.416 e. The van der Waals surface area contributed by atoms with E-state index in [4.69, 9.17) is 5.73 Å². The lowest BCUT2D eigenvalue weighted by molar-refractivity contribution is -0.137. The van der Waals surface area contributed by atoms with Gasteiger partial charge in [-0.3, -0.25) is 0 Å². The molecule has 0 unspecified atom stereocenters. The monoisotopic (exact) mass is 279 g/mol. The molecule has 0 heterocycles. The van der Waals surface area contributed by atoms with Crippen LogP contribution in [0.3, 0.4) is 0 Å². The summed E-state index contributed by atoms with van der Waals surface area (Å²) in [4.78, 5) is 0. The van der Waals surface area contributed by atoms with Crippen molar-refractivity contribution in [2.24, 2.45) is 11.7 Å². The van der Waals surface area contributed by atoms with Crippen LogP contribution in [0.5, 0.6) is 0 Å². The van der Waals surface area contributed by atoms with Crippen LogP contribution in [0.4, 0.5) is 13.2 Å². The first-order valence-corrected chi connectivity index (χ1v) is 5.91. The molecule has 0 amide bonds. The van der Waals surface area contributed by atoms with Crippen molar-refractivity contribution < 1.29 is 13.2 Å². The Kier molecular flexibility index (Phi) is 5.05. The van der Waals surface area contributed by atoms with Gasteiger partial charge in [0.25, 0.3) is 0 Å². The van der Waals surface area contributed by atoms with E-state index in [1.54, 1.807) is 6.07 Å². The molecule has 0 saturated heterocycles. The van der Waals surface area contributed by atoms with Gasteiger partial charge in [0, 0.05) is 6.04 Å². The molecule has 1 aromatic rings. The van der Waals surface area contributed by atoms with Gasteiger partial charge in [-0.1, -0.05) is 25.0 Å². The van der Waals surface area contributed by atoms with E-state index >= 15 is 0 Å². The van der Waals surface area contributed by atoms with E-state index in [-0.39, 0.29) is 18.4 Å². The predicted octanol–water partition coefficient (Wildman–Crippen LogP) is 4.32. The summed E-state index contributed by atoms with van der Waals surface area (Å²) in [6.45, 7) is 0. The van der Waals surface area contributed by atoms with Gasteiger partial charge in [0.2, 0.25) is 0 Å². The van der Waals surface area contributed by atoms with E-state index in [1.165, 1.54) is 12.1 Å². The van der Waals surface area contributed by atoms with E-state index in [1.807, 2.05) is 0 Å². The van der Waals surface area contributed by atoms with Crippen molar-refractivity contribution in [1.82, 2.24) is 0 Å². The van der Waals surface area contributed by atoms with Crippen LogP contribution in [-0.4, -0.2) is 0 Å². The smallest absolute Gasteiger partial charge is 0.324 e. The van der Waals surface area contributed by atoms with Crippen LogP contribution >= 0.6 is 12.4 Å². The first-order valence-electron chi connectivity index (χ1n) is 5.91. The van der Waals surface area contributed by atoms with Gasteiger partial charge >= 0.3 is 6.18 Å². The molecule has 0 aromatic heterocycles. The fraction of sp³-hybridized carbons (Fsp3) is 0.538. The van der Waals surface area contributed by atoms with Crippen LogP contribution in [0.15, 0.2) is 24.3 Å². The number of alkyl halides is 3.